The van der Waals surface area contributed by atoms with Crippen LogP contribution in [0.5, 0.6) is 0 Å². The summed E-state index contributed by atoms with van der Waals surface area (Å²) in [5.41, 5.74) is -1.13. The lowest BCUT2D eigenvalue weighted by Crippen LogP contribution is -2.43. The molecule has 1 aliphatic rings. The molecule has 2 unspecified atom stereocenters. The van der Waals surface area contributed by atoms with Crippen LogP contribution >= 0.6 is 0 Å². The summed E-state index contributed by atoms with van der Waals surface area (Å²) in [5.74, 6) is -0.166. The predicted octanol–water partition coefficient (Wildman–Crippen LogP) is 1.75. The largest absolute Gasteiger partial charge is 0.390 e. The minimum absolute atomic E-state index is 0.166. The Morgan fingerprint density at radius 1 is 1.24 bits per heavy atom. The van der Waals surface area contributed by atoms with Gasteiger partial charge in [0.15, 0.2) is 0 Å². The van der Waals surface area contributed by atoms with E-state index in [4.69, 9.17) is 4.74 Å². The van der Waals surface area contributed by atoms with Crippen LogP contribution in [0.1, 0.15) is 27.7 Å². The number of hydrogen-bond donors (Lipinski definition) is 1. The Labute approximate surface area is 102 Å². The number of aliphatic hydroxyl groups is 1. The van der Waals surface area contributed by atoms with E-state index in [1.807, 2.05) is 27.7 Å². The van der Waals surface area contributed by atoms with E-state index in [9.17, 15) is 13.9 Å². The van der Waals surface area contributed by atoms with Crippen LogP contribution in [0.4, 0.5) is 8.78 Å². The highest BCUT2D eigenvalue weighted by molar-refractivity contribution is 5.02. The van der Waals surface area contributed by atoms with Gasteiger partial charge in [-0.1, -0.05) is 0 Å². The SMILES string of the molecule is CN(CC(F)F)CC1C(O)C(C)(C)OC1(C)C. The molecule has 1 heterocycles. The Bertz CT molecular complexity index is 269. The molecular formula is C12H23F2NO2. The van der Waals surface area contributed by atoms with Crippen molar-refractivity contribution in [1.82, 2.24) is 4.90 Å². The fourth-order valence-electron chi connectivity index (χ4n) is 2.64. The number of alkyl halides is 2. The molecule has 1 aliphatic heterocycles. The lowest BCUT2D eigenvalue weighted by molar-refractivity contribution is -0.0914. The molecule has 0 radical (unpaired) electrons. The first-order valence-electron chi connectivity index (χ1n) is 5.91. The van der Waals surface area contributed by atoms with E-state index in [1.165, 1.54) is 0 Å². The zero-order valence-corrected chi connectivity index (χ0v) is 11.2. The van der Waals surface area contributed by atoms with Gasteiger partial charge in [-0.05, 0) is 34.7 Å². The third-order valence-electron chi connectivity index (χ3n) is 3.47. The molecule has 0 saturated carbocycles. The van der Waals surface area contributed by atoms with Gasteiger partial charge in [0, 0.05) is 12.5 Å². The number of ether oxygens (including phenoxy) is 1. The van der Waals surface area contributed by atoms with Crippen molar-refractivity contribution in [2.75, 3.05) is 20.1 Å². The normalized spacial score (nSPS) is 31.4. The zero-order chi connectivity index (χ0) is 13.4. The van der Waals surface area contributed by atoms with E-state index in [0.29, 0.717) is 6.54 Å². The fraction of sp³-hybridized carbons (Fsp3) is 1.00. The number of aliphatic hydroxyl groups excluding tert-OH is 1. The van der Waals surface area contributed by atoms with Crippen LogP contribution in [0.2, 0.25) is 0 Å². The second kappa shape index (κ2) is 4.78. The molecule has 1 fully saturated rings. The lowest BCUT2D eigenvalue weighted by atomic mass is 9.84. The maximum atomic E-state index is 12.3. The lowest BCUT2D eigenvalue weighted by Gasteiger charge is -2.30. The van der Waals surface area contributed by atoms with Gasteiger partial charge in [-0.25, -0.2) is 8.78 Å². The predicted molar refractivity (Wildman–Crippen MR) is 62.2 cm³/mol. The van der Waals surface area contributed by atoms with Crippen LogP contribution in [-0.4, -0.2) is 53.9 Å². The van der Waals surface area contributed by atoms with Gasteiger partial charge in [-0.15, -0.1) is 0 Å². The summed E-state index contributed by atoms with van der Waals surface area (Å²) in [6, 6.07) is 0. The maximum absolute atomic E-state index is 12.3. The van der Waals surface area contributed by atoms with Gasteiger partial charge in [0.25, 0.3) is 6.43 Å². The number of nitrogens with zero attached hydrogens (tertiary/aromatic N) is 1. The van der Waals surface area contributed by atoms with Crippen LogP contribution < -0.4 is 0 Å². The number of halogens is 2. The molecule has 2 atom stereocenters. The van der Waals surface area contributed by atoms with E-state index in [0.717, 1.165) is 0 Å². The first-order valence-corrected chi connectivity index (χ1v) is 5.91. The van der Waals surface area contributed by atoms with Crippen LogP contribution in [-0.2, 0) is 4.74 Å². The summed E-state index contributed by atoms with van der Waals surface area (Å²) in [5, 5.41) is 10.2. The van der Waals surface area contributed by atoms with Gasteiger partial charge in [0.2, 0.25) is 0 Å². The Morgan fingerprint density at radius 2 is 1.76 bits per heavy atom. The zero-order valence-electron chi connectivity index (χ0n) is 11.2. The Kier molecular flexibility index (Phi) is 4.16. The highest BCUT2D eigenvalue weighted by atomic mass is 19.3. The van der Waals surface area contributed by atoms with Crippen molar-refractivity contribution < 1.29 is 18.6 Å². The highest BCUT2D eigenvalue weighted by Crippen LogP contribution is 2.42. The molecule has 3 nitrogen and oxygen atoms in total. The monoisotopic (exact) mass is 251 g/mol. The first kappa shape index (κ1) is 14.8. The average Bonchev–Trinajstić information content (AvgIpc) is 2.22. The molecule has 0 aromatic carbocycles. The van der Waals surface area contributed by atoms with Crippen LogP contribution in [0.25, 0.3) is 0 Å². The van der Waals surface area contributed by atoms with Crippen molar-refractivity contribution in [3.8, 4) is 0 Å². The van der Waals surface area contributed by atoms with E-state index < -0.39 is 23.7 Å². The van der Waals surface area contributed by atoms with Crippen molar-refractivity contribution in [2.24, 2.45) is 5.92 Å². The van der Waals surface area contributed by atoms with Gasteiger partial charge in [0.1, 0.15) is 0 Å². The summed E-state index contributed by atoms with van der Waals surface area (Å²) in [6.45, 7) is 7.57. The number of rotatable bonds is 4. The smallest absolute Gasteiger partial charge is 0.251 e. The maximum Gasteiger partial charge on any atom is 0.251 e. The van der Waals surface area contributed by atoms with E-state index in [2.05, 4.69) is 0 Å². The van der Waals surface area contributed by atoms with Gasteiger partial charge in [-0.2, -0.15) is 0 Å². The molecule has 17 heavy (non-hydrogen) atoms. The summed E-state index contributed by atoms with van der Waals surface area (Å²) < 4.78 is 30.3. The Morgan fingerprint density at radius 3 is 2.12 bits per heavy atom. The summed E-state index contributed by atoms with van der Waals surface area (Å²) >= 11 is 0. The quantitative estimate of drug-likeness (QED) is 0.826. The summed E-state index contributed by atoms with van der Waals surface area (Å²) in [7, 11) is 1.64. The van der Waals surface area contributed by atoms with Crippen molar-refractivity contribution in [2.45, 2.75) is 51.4 Å². The molecule has 102 valence electrons. The standard InChI is InChI=1S/C12H23F2NO2/c1-11(2)8(6-15(5)7-9(13)14)10(16)12(3,4)17-11/h8-10,16H,6-7H2,1-5H3. The molecular weight excluding hydrogens is 228 g/mol. The molecule has 1 rings (SSSR count). The molecule has 0 aliphatic carbocycles. The average molecular weight is 251 g/mol. The third-order valence-corrected chi connectivity index (χ3v) is 3.47. The Balaban J connectivity index is 2.69. The van der Waals surface area contributed by atoms with Gasteiger partial charge in [-0.3, -0.25) is 0 Å². The molecule has 0 spiro atoms. The van der Waals surface area contributed by atoms with Crippen LogP contribution in [0.15, 0.2) is 0 Å². The topological polar surface area (TPSA) is 32.7 Å². The third kappa shape index (κ3) is 3.36. The molecule has 0 amide bonds. The van der Waals surface area contributed by atoms with Crippen LogP contribution in [0, 0.1) is 5.92 Å². The van der Waals surface area contributed by atoms with E-state index in [-0.39, 0.29) is 12.5 Å². The van der Waals surface area contributed by atoms with Crippen molar-refractivity contribution in [1.29, 1.82) is 0 Å². The number of hydrogen-bond acceptors (Lipinski definition) is 3. The van der Waals surface area contributed by atoms with Gasteiger partial charge < -0.3 is 14.7 Å². The second-order valence-electron chi connectivity index (χ2n) is 5.97. The summed E-state index contributed by atoms with van der Waals surface area (Å²) in [4.78, 5) is 1.55. The van der Waals surface area contributed by atoms with Gasteiger partial charge in [0.05, 0.1) is 23.9 Å². The molecule has 1 N–H and O–H groups in total. The van der Waals surface area contributed by atoms with Crippen LogP contribution in [0.3, 0.4) is 0 Å². The van der Waals surface area contributed by atoms with Gasteiger partial charge >= 0.3 is 0 Å². The highest BCUT2D eigenvalue weighted by Gasteiger charge is 2.53. The molecule has 5 heteroatoms. The minimum Gasteiger partial charge on any atom is -0.390 e. The van der Waals surface area contributed by atoms with Crippen molar-refractivity contribution in [3.63, 3.8) is 0 Å². The summed E-state index contributed by atoms with van der Waals surface area (Å²) in [6.07, 6.45) is -2.99. The fourth-order valence-corrected chi connectivity index (χ4v) is 2.64. The van der Waals surface area contributed by atoms with E-state index in [1.54, 1.807) is 11.9 Å². The van der Waals surface area contributed by atoms with E-state index >= 15 is 0 Å². The first-order chi connectivity index (χ1) is 7.56. The minimum atomic E-state index is -2.35. The molecule has 0 aromatic rings. The Hall–Kier alpha value is -0.260. The molecule has 0 aromatic heterocycles. The second-order valence-corrected chi connectivity index (χ2v) is 5.97. The molecule has 1 saturated heterocycles. The van der Waals surface area contributed by atoms with Crippen molar-refractivity contribution in [3.05, 3.63) is 0 Å². The van der Waals surface area contributed by atoms with Crippen molar-refractivity contribution >= 4 is 0 Å². The molecule has 0 bridgehead atoms.